The van der Waals surface area contributed by atoms with E-state index in [0.29, 0.717) is 16.0 Å². The minimum absolute atomic E-state index is 0.302. The Morgan fingerprint density at radius 1 is 1.28 bits per heavy atom. The van der Waals surface area contributed by atoms with Crippen LogP contribution < -0.4 is 5.56 Å². The molecule has 5 nitrogen and oxygen atoms in total. The number of aromatic nitrogens is 2. The molecule has 0 saturated carbocycles. The second-order valence-electron chi connectivity index (χ2n) is 5.75. The molecule has 0 bridgehead atoms. The number of thiophene rings is 1. The summed E-state index contributed by atoms with van der Waals surface area (Å²) >= 11 is 1.41. The molecule has 7 heteroatoms. The Bertz CT molecular complexity index is 1020. The van der Waals surface area contributed by atoms with Gasteiger partial charge in [0.1, 0.15) is 22.5 Å². The molecule has 1 atom stereocenters. The van der Waals surface area contributed by atoms with E-state index in [4.69, 9.17) is 4.74 Å². The highest BCUT2D eigenvalue weighted by Crippen LogP contribution is 2.36. The fourth-order valence-electron chi connectivity index (χ4n) is 2.97. The summed E-state index contributed by atoms with van der Waals surface area (Å²) in [4.78, 5) is 31.0. The lowest BCUT2D eigenvalue weighted by molar-refractivity contribution is -0.144. The van der Waals surface area contributed by atoms with E-state index in [1.165, 1.54) is 35.1 Å². The summed E-state index contributed by atoms with van der Waals surface area (Å²) in [5.74, 6) is -0.407. The van der Waals surface area contributed by atoms with Crippen molar-refractivity contribution in [1.82, 2.24) is 9.55 Å². The van der Waals surface area contributed by atoms with Crippen LogP contribution in [0.3, 0.4) is 0 Å². The molecule has 130 valence electrons. The van der Waals surface area contributed by atoms with Crippen LogP contribution in [-0.2, 0) is 9.53 Å². The van der Waals surface area contributed by atoms with Gasteiger partial charge in [-0.2, -0.15) is 0 Å². The van der Waals surface area contributed by atoms with Gasteiger partial charge in [0.2, 0.25) is 0 Å². The van der Waals surface area contributed by atoms with Crippen molar-refractivity contribution in [3.63, 3.8) is 0 Å². The van der Waals surface area contributed by atoms with E-state index in [2.05, 4.69) is 4.98 Å². The molecule has 0 saturated heterocycles. The van der Waals surface area contributed by atoms with E-state index in [-0.39, 0.29) is 11.4 Å². The van der Waals surface area contributed by atoms with Gasteiger partial charge in [-0.15, -0.1) is 11.3 Å². The van der Waals surface area contributed by atoms with Crippen molar-refractivity contribution in [2.75, 3.05) is 7.11 Å². The zero-order valence-corrected chi connectivity index (χ0v) is 15.1. The van der Waals surface area contributed by atoms with E-state index < -0.39 is 12.0 Å². The van der Waals surface area contributed by atoms with Crippen molar-refractivity contribution in [2.45, 2.75) is 26.8 Å². The molecule has 0 N–H and O–H groups in total. The third-order valence-electron chi connectivity index (χ3n) is 4.17. The zero-order valence-electron chi connectivity index (χ0n) is 14.3. The molecular formula is C18H17FN2O3S. The Labute approximate surface area is 147 Å². The van der Waals surface area contributed by atoms with Crippen molar-refractivity contribution in [3.05, 3.63) is 51.1 Å². The van der Waals surface area contributed by atoms with Crippen LogP contribution in [0.4, 0.5) is 4.39 Å². The quantitative estimate of drug-likeness (QED) is 0.670. The van der Waals surface area contributed by atoms with Crippen LogP contribution in [0.2, 0.25) is 0 Å². The number of benzene rings is 1. The largest absolute Gasteiger partial charge is 0.467 e. The second-order valence-corrected chi connectivity index (χ2v) is 6.96. The van der Waals surface area contributed by atoms with Crippen LogP contribution in [0.5, 0.6) is 0 Å². The summed E-state index contributed by atoms with van der Waals surface area (Å²) in [6.07, 6.45) is 0. The van der Waals surface area contributed by atoms with E-state index >= 15 is 0 Å². The number of rotatable bonds is 3. The van der Waals surface area contributed by atoms with Gasteiger partial charge in [-0.3, -0.25) is 9.36 Å². The Balaban J connectivity index is 2.33. The molecule has 3 aromatic rings. The van der Waals surface area contributed by atoms with Crippen molar-refractivity contribution >= 4 is 27.5 Å². The summed E-state index contributed by atoms with van der Waals surface area (Å²) < 4.78 is 19.3. The van der Waals surface area contributed by atoms with Crippen LogP contribution in [0.1, 0.15) is 23.7 Å². The third kappa shape index (κ3) is 2.84. The summed E-state index contributed by atoms with van der Waals surface area (Å²) in [7, 11) is 1.28. The molecule has 0 aliphatic heterocycles. The minimum Gasteiger partial charge on any atom is -0.467 e. The van der Waals surface area contributed by atoms with Gasteiger partial charge < -0.3 is 4.74 Å². The van der Waals surface area contributed by atoms with Gasteiger partial charge in [0.25, 0.3) is 5.56 Å². The molecule has 1 unspecified atom stereocenters. The first kappa shape index (κ1) is 17.3. The molecule has 3 rings (SSSR count). The van der Waals surface area contributed by atoms with E-state index in [9.17, 15) is 14.0 Å². The monoisotopic (exact) mass is 360 g/mol. The number of ether oxygens (including phenoxy) is 1. The smallest absolute Gasteiger partial charge is 0.328 e. The maximum absolute atomic E-state index is 13.2. The molecule has 1 aromatic carbocycles. The zero-order chi connectivity index (χ0) is 18.3. The number of halogens is 1. The Morgan fingerprint density at radius 3 is 2.52 bits per heavy atom. The van der Waals surface area contributed by atoms with Crippen LogP contribution in [-0.4, -0.2) is 22.6 Å². The highest BCUT2D eigenvalue weighted by Gasteiger charge is 2.24. The summed E-state index contributed by atoms with van der Waals surface area (Å²) in [5, 5.41) is 0.440. The number of hydrogen-bond donors (Lipinski definition) is 0. The number of fused-ring (bicyclic) bond motifs is 1. The molecule has 25 heavy (non-hydrogen) atoms. The maximum Gasteiger partial charge on any atom is 0.328 e. The average molecular weight is 360 g/mol. The number of hydrogen-bond acceptors (Lipinski definition) is 5. The third-order valence-corrected chi connectivity index (χ3v) is 5.17. The summed E-state index contributed by atoms with van der Waals surface area (Å²) in [6, 6.07) is 5.20. The second kappa shape index (κ2) is 6.40. The molecule has 0 fully saturated rings. The SMILES string of the molecule is COC(=O)C(C)n1c(C)nc2sc(C)c(-c3ccc(F)cc3)c2c1=O. The molecular weight excluding hydrogens is 343 g/mol. The molecule has 0 radical (unpaired) electrons. The predicted molar refractivity (Wildman–Crippen MR) is 95.5 cm³/mol. The van der Waals surface area contributed by atoms with Crippen LogP contribution in [0.15, 0.2) is 29.1 Å². The number of methoxy groups -OCH3 is 1. The predicted octanol–water partition coefficient (Wildman–Crippen LogP) is 3.61. The Hall–Kier alpha value is -2.54. The lowest BCUT2D eigenvalue weighted by Crippen LogP contribution is -2.31. The minimum atomic E-state index is -0.782. The average Bonchev–Trinajstić information content (AvgIpc) is 2.90. The molecule has 0 aliphatic rings. The number of aryl methyl sites for hydroxylation is 2. The van der Waals surface area contributed by atoms with Crippen molar-refractivity contribution in [2.24, 2.45) is 0 Å². The lowest BCUT2D eigenvalue weighted by Gasteiger charge is -2.15. The molecule has 0 spiro atoms. The maximum atomic E-state index is 13.2. The molecule has 2 aromatic heterocycles. The topological polar surface area (TPSA) is 61.2 Å². The first-order chi connectivity index (χ1) is 11.8. The van der Waals surface area contributed by atoms with Crippen molar-refractivity contribution in [1.29, 1.82) is 0 Å². The lowest BCUT2D eigenvalue weighted by atomic mass is 10.0. The fourth-order valence-corrected chi connectivity index (χ4v) is 4.05. The Morgan fingerprint density at radius 2 is 1.92 bits per heavy atom. The highest BCUT2D eigenvalue weighted by molar-refractivity contribution is 7.19. The number of nitrogens with zero attached hydrogens (tertiary/aromatic N) is 2. The van der Waals surface area contributed by atoms with Gasteiger partial charge in [0.05, 0.1) is 12.5 Å². The van der Waals surface area contributed by atoms with Crippen molar-refractivity contribution in [3.8, 4) is 11.1 Å². The number of carbonyl (C=O) groups is 1. The highest BCUT2D eigenvalue weighted by atomic mass is 32.1. The molecule has 0 amide bonds. The summed E-state index contributed by atoms with van der Waals surface area (Å²) in [6.45, 7) is 5.19. The van der Waals surface area contributed by atoms with Gasteiger partial charge in [0.15, 0.2) is 0 Å². The molecule has 2 heterocycles. The van der Waals surface area contributed by atoms with Gasteiger partial charge in [0, 0.05) is 10.4 Å². The Kier molecular flexibility index (Phi) is 4.43. The van der Waals surface area contributed by atoms with Gasteiger partial charge in [-0.1, -0.05) is 12.1 Å². The standard InChI is InChI=1S/C18H17FN2O3S/c1-9(18(23)24-4)21-11(3)20-16-15(17(21)22)14(10(2)25-16)12-5-7-13(19)8-6-12/h5-9H,1-4H3. The van der Waals surface area contributed by atoms with Crippen LogP contribution >= 0.6 is 11.3 Å². The van der Waals surface area contributed by atoms with Crippen LogP contribution in [0.25, 0.3) is 21.3 Å². The van der Waals surface area contributed by atoms with Gasteiger partial charge in [-0.25, -0.2) is 14.2 Å². The normalized spacial score (nSPS) is 12.4. The van der Waals surface area contributed by atoms with Crippen molar-refractivity contribution < 1.29 is 13.9 Å². The van der Waals surface area contributed by atoms with Gasteiger partial charge in [-0.05, 0) is 38.5 Å². The first-order valence-corrected chi connectivity index (χ1v) is 8.52. The van der Waals surface area contributed by atoms with Crippen LogP contribution in [0, 0.1) is 19.7 Å². The van der Waals surface area contributed by atoms with E-state index in [1.807, 2.05) is 6.92 Å². The summed E-state index contributed by atoms with van der Waals surface area (Å²) in [5.41, 5.74) is 1.16. The van der Waals surface area contributed by atoms with E-state index in [0.717, 1.165) is 16.0 Å². The fraction of sp³-hybridized carbons (Fsp3) is 0.278. The molecule has 0 aliphatic carbocycles. The first-order valence-electron chi connectivity index (χ1n) is 7.71. The van der Waals surface area contributed by atoms with Gasteiger partial charge >= 0.3 is 5.97 Å². The van der Waals surface area contributed by atoms with E-state index in [1.54, 1.807) is 26.0 Å². The number of esters is 1. The number of carbonyl (C=O) groups excluding carboxylic acids is 1.